The number of aldehydes is 1. The smallest absolute Gasteiger partial charge is 0.241 e. The van der Waals surface area contributed by atoms with Gasteiger partial charge in [0.25, 0.3) is 0 Å². The summed E-state index contributed by atoms with van der Waals surface area (Å²) < 4.78 is 14.3. The lowest BCUT2D eigenvalue weighted by molar-refractivity contribution is -0.118. The molecule has 0 unspecified atom stereocenters. The van der Waals surface area contributed by atoms with Gasteiger partial charge in [0, 0.05) is 5.92 Å². The summed E-state index contributed by atoms with van der Waals surface area (Å²) in [6.07, 6.45) is 5.58. The van der Waals surface area contributed by atoms with Crippen molar-refractivity contribution in [2.45, 2.75) is 63.5 Å². The predicted molar refractivity (Wildman–Crippen MR) is 94.7 cm³/mol. The Hall–Kier alpha value is -1.79. The molecule has 0 heterocycles. The Morgan fingerprint density at radius 1 is 1.32 bits per heavy atom. The van der Waals surface area contributed by atoms with E-state index in [0.29, 0.717) is 11.8 Å². The molecule has 0 spiro atoms. The van der Waals surface area contributed by atoms with Crippen molar-refractivity contribution in [2.24, 2.45) is 11.7 Å². The summed E-state index contributed by atoms with van der Waals surface area (Å²) in [5.74, 6) is -1.37. The fourth-order valence-electron chi connectivity index (χ4n) is 3.33. The predicted octanol–water partition coefficient (Wildman–Crippen LogP) is 2.73. The van der Waals surface area contributed by atoms with Gasteiger partial charge in [-0.2, -0.15) is 0 Å². The fraction of sp³-hybridized carbons (Fsp3) is 0.579. The van der Waals surface area contributed by atoms with Gasteiger partial charge in [0.1, 0.15) is 18.2 Å². The number of hydrogen-bond acceptors (Lipinski definition) is 4. The van der Waals surface area contributed by atoms with Gasteiger partial charge in [-0.25, -0.2) is 4.39 Å². The molecule has 0 aliphatic heterocycles. The molecule has 2 rings (SSSR count). The number of anilines is 1. The number of rotatable bonds is 6. The lowest BCUT2D eigenvalue weighted by Gasteiger charge is -2.22. The minimum absolute atomic E-state index is 0.0608. The van der Waals surface area contributed by atoms with E-state index in [0.717, 1.165) is 25.7 Å². The largest absolute Gasteiger partial charge is 0.385 e. The Kier molecular flexibility index (Phi) is 7.08. The Balaban J connectivity index is 2.03. The van der Waals surface area contributed by atoms with Crippen molar-refractivity contribution < 1.29 is 19.1 Å². The van der Waals surface area contributed by atoms with E-state index in [1.807, 2.05) is 0 Å². The zero-order valence-electron chi connectivity index (χ0n) is 14.6. The van der Waals surface area contributed by atoms with Crippen LogP contribution in [0, 0.1) is 11.7 Å². The van der Waals surface area contributed by atoms with Crippen molar-refractivity contribution in [3.8, 4) is 0 Å². The van der Waals surface area contributed by atoms with Crippen molar-refractivity contribution in [1.29, 1.82) is 0 Å². The van der Waals surface area contributed by atoms with Gasteiger partial charge in [-0.3, -0.25) is 4.79 Å². The Labute approximate surface area is 147 Å². The number of nitrogens with two attached hydrogens (primary N) is 1. The number of benzene rings is 1. The van der Waals surface area contributed by atoms with E-state index in [9.17, 15) is 19.1 Å². The summed E-state index contributed by atoms with van der Waals surface area (Å²) in [7, 11) is 0. The minimum Gasteiger partial charge on any atom is -0.385 e. The van der Waals surface area contributed by atoms with E-state index in [-0.39, 0.29) is 17.5 Å². The number of hydrogen-bond donors (Lipinski definition) is 3. The van der Waals surface area contributed by atoms with Crippen molar-refractivity contribution in [3.63, 3.8) is 0 Å². The molecular weight excluding hydrogens is 323 g/mol. The molecule has 3 atom stereocenters. The summed E-state index contributed by atoms with van der Waals surface area (Å²) in [5, 5.41) is 12.1. The number of aliphatic hydroxyl groups is 1. The standard InChI is InChI=1S/C19H27FN2O3/c1-12(17(24)11-23)14-8-9-16(15(20)10-14)22-19(25)18(21)13-6-4-2-3-5-7-13/h8-13,17-18,24H,2-7,21H2,1H3,(H,22,25)/t12-,17-,18-/m0/s1. The van der Waals surface area contributed by atoms with Gasteiger partial charge in [-0.1, -0.05) is 38.7 Å². The minimum atomic E-state index is -1.19. The monoisotopic (exact) mass is 350 g/mol. The van der Waals surface area contributed by atoms with Crippen LogP contribution in [0.2, 0.25) is 0 Å². The number of halogens is 1. The fourth-order valence-corrected chi connectivity index (χ4v) is 3.33. The molecule has 0 aromatic heterocycles. The SMILES string of the molecule is C[C@@H](c1ccc(NC(=O)[C@@H](N)C2CCCCCC2)c(F)c1)[C@@H](O)C=O. The van der Waals surface area contributed by atoms with E-state index < -0.39 is 23.9 Å². The third-order valence-corrected chi connectivity index (χ3v) is 5.14. The van der Waals surface area contributed by atoms with Crippen LogP contribution in [0.15, 0.2) is 18.2 Å². The van der Waals surface area contributed by atoms with Crippen molar-refractivity contribution >= 4 is 17.9 Å². The molecule has 1 amide bonds. The molecule has 1 aromatic carbocycles. The normalized spacial score (nSPS) is 19.5. The average Bonchev–Trinajstić information content (AvgIpc) is 2.90. The van der Waals surface area contributed by atoms with Gasteiger partial charge in [0.2, 0.25) is 5.91 Å². The summed E-state index contributed by atoms with van der Waals surface area (Å²) >= 11 is 0. The molecule has 1 aliphatic rings. The molecule has 1 aliphatic carbocycles. The molecule has 1 saturated carbocycles. The van der Waals surface area contributed by atoms with E-state index in [4.69, 9.17) is 5.73 Å². The first kappa shape index (κ1) is 19.5. The van der Waals surface area contributed by atoms with Crippen LogP contribution in [0.25, 0.3) is 0 Å². The summed E-state index contributed by atoms with van der Waals surface area (Å²) in [4.78, 5) is 23.0. The second kappa shape index (κ2) is 9.06. The molecule has 4 N–H and O–H groups in total. The lowest BCUT2D eigenvalue weighted by atomic mass is 9.91. The van der Waals surface area contributed by atoms with Crippen molar-refractivity contribution in [3.05, 3.63) is 29.6 Å². The van der Waals surface area contributed by atoms with E-state index in [2.05, 4.69) is 5.32 Å². The van der Waals surface area contributed by atoms with Crippen LogP contribution in [-0.4, -0.2) is 29.4 Å². The van der Waals surface area contributed by atoms with Crippen molar-refractivity contribution in [2.75, 3.05) is 5.32 Å². The van der Waals surface area contributed by atoms with Gasteiger partial charge in [-0.05, 0) is 36.5 Å². The summed E-state index contributed by atoms with van der Waals surface area (Å²) in [6, 6.07) is 3.61. The first-order chi connectivity index (χ1) is 11.9. The highest BCUT2D eigenvalue weighted by Gasteiger charge is 2.26. The summed E-state index contributed by atoms with van der Waals surface area (Å²) in [6.45, 7) is 1.63. The number of nitrogens with one attached hydrogen (secondary N) is 1. The maximum atomic E-state index is 14.3. The van der Waals surface area contributed by atoms with E-state index >= 15 is 0 Å². The topological polar surface area (TPSA) is 92.4 Å². The van der Waals surface area contributed by atoms with E-state index in [1.165, 1.54) is 25.0 Å². The first-order valence-corrected chi connectivity index (χ1v) is 8.93. The molecule has 138 valence electrons. The highest BCUT2D eigenvalue weighted by atomic mass is 19.1. The van der Waals surface area contributed by atoms with Gasteiger partial charge >= 0.3 is 0 Å². The van der Waals surface area contributed by atoms with E-state index in [1.54, 1.807) is 13.0 Å². The maximum Gasteiger partial charge on any atom is 0.241 e. The average molecular weight is 350 g/mol. The zero-order chi connectivity index (χ0) is 18.4. The second-order valence-corrected chi connectivity index (χ2v) is 6.92. The highest BCUT2D eigenvalue weighted by Crippen LogP contribution is 2.27. The van der Waals surface area contributed by atoms with Crippen LogP contribution in [0.3, 0.4) is 0 Å². The van der Waals surface area contributed by atoms with Gasteiger partial charge < -0.3 is 21.0 Å². The summed E-state index contributed by atoms with van der Waals surface area (Å²) in [5.41, 5.74) is 6.64. The molecule has 25 heavy (non-hydrogen) atoms. The van der Waals surface area contributed by atoms with Crippen LogP contribution >= 0.6 is 0 Å². The first-order valence-electron chi connectivity index (χ1n) is 8.93. The molecule has 6 heteroatoms. The lowest BCUT2D eigenvalue weighted by Crippen LogP contribution is -2.42. The molecule has 0 radical (unpaired) electrons. The third kappa shape index (κ3) is 5.09. The Bertz CT molecular complexity index is 600. The second-order valence-electron chi connectivity index (χ2n) is 6.92. The van der Waals surface area contributed by atoms with Crippen LogP contribution in [-0.2, 0) is 9.59 Å². The van der Waals surface area contributed by atoms with Crippen molar-refractivity contribution in [1.82, 2.24) is 0 Å². The van der Waals surface area contributed by atoms with Gasteiger partial charge in [0.05, 0.1) is 11.7 Å². The maximum absolute atomic E-state index is 14.3. The van der Waals surface area contributed by atoms with Crippen LogP contribution in [0.4, 0.5) is 10.1 Å². The van der Waals surface area contributed by atoms with Gasteiger partial charge in [-0.15, -0.1) is 0 Å². The van der Waals surface area contributed by atoms with Crippen LogP contribution in [0.5, 0.6) is 0 Å². The molecular formula is C19H27FN2O3. The zero-order valence-corrected chi connectivity index (χ0v) is 14.6. The molecule has 1 aromatic rings. The number of aliphatic hydroxyl groups excluding tert-OH is 1. The third-order valence-electron chi connectivity index (χ3n) is 5.14. The van der Waals surface area contributed by atoms with Crippen LogP contribution in [0.1, 0.15) is 56.9 Å². The molecule has 0 saturated heterocycles. The molecule has 5 nitrogen and oxygen atoms in total. The highest BCUT2D eigenvalue weighted by molar-refractivity contribution is 5.95. The number of carbonyl (C=O) groups excluding carboxylic acids is 2. The van der Waals surface area contributed by atoms with Crippen LogP contribution < -0.4 is 11.1 Å². The Morgan fingerprint density at radius 2 is 1.96 bits per heavy atom. The molecule has 0 bridgehead atoms. The number of amides is 1. The Morgan fingerprint density at radius 3 is 2.52 bits per heavy atom. The quantitative estimate of drug-likeness (QED) is 0.543. The van der Waals surface area contributed by atoms with Gasteiger partial charge in [0.15, 0.2) is 0 Å². The molecule has 1 fully saturated rings. The number of carbonyl (C=O) groups is 2.